The van der Waals surface area contributed by atoms with Gasteiger partial charge in [-0.1, -0.05) is 23.7 Å². The van der Waals surface area contributed by atoms with E-state index in [9.17, 15) is 9.90 Å². The third kappa shape index (κ3) is 3.52. The molecule has 2 aromatic rings. The standard InChI is InChI=1S/C15H13BrClNO2/c1-18(9-10-3-2-4-12(19)7-10)15(20)13-6-5-11(17)8-14(13)16/h2-8,19H,9H2,1H3. The van der Waals surface area contributed by atoms with Crippen LogP contribution in [0.5, 0.6) is 5.75 Å². The molecule has 0 saturated carbocycles. The molecular formula is C15H13BrClNO2. The van der Waals surface area contributed by atoms with Crippen LogP contribution in [0.15, 0.2) is 46.9 Å². The number of carbonyl (C=O) groups is 1. The summed E-state index contributed by atoms with van der Waals surface area (Å²) in [5, 5.41) is 10.0. The lowest BCUT2D eigenvalue weighted by Gasteiger charge is -2.18. The number of amides is 1. The van der Waals surface area contributed by atoms with Crippen LogP contribution in [0.1, 0.15) is 15.9 Å². The molecule has 0 spiro atoms. The van der Waals surface area contributed by atoms with Crippen molar-refractivity contribution < 1.29 is 9.90 Å². The van der Waals surface area contributed by atoms with Gasteiger partial charge in [0, 0.05) is 23.1 Å². The number of phenolic OH excluding ortho intramolecular Hbond substituents is 1. The normalized spacial score (nSPS) is 10.3. The topological polar surface area (TPSA) is 40.5 Å². The summed E-state index contributed by atoms with van der Waals surface area (Å²) in [6.07, 6.45) is 0. The maximum Gasteiger partial charge on any atom is 0.255 e. The predicted molar refractivity (Wildman–Crippen MR) is 83.1 cm³/mol. The molecule has 20 heavy (non-hydrogen) atoms. The Kier molecular flexibility index (Phi) is 4.68. The highest BCUT2D eigenvalue weighted by molar-refractivity contribution is 9.10. The van der Waals surface area contributed by atoms with E-state index in [-0.39, 0.29) is 11.7 Å². The monoisotopic (exact) mass is 353 g/mol. The van der Waals surface area contributed by atoms with Gasteiger partial charge in [0.25, 0.3) is 5.91 Å². The zero-order valence-electron chi connectivity index (χ0n) is 10.8. The van der Waals surface area contributed by atoms with Crippen LogP contribution in [-0.2, 0) is 6.54 Å². The van der Waals surface area contributed by atoms with Gasteiger partial charge in [-0.2, -0.15) is 0 Å². The maximum absolute atomic E-state index is 12.4. The van der Waals surface area contributed by atoms with Gasteiger partial charge in [0.05, 0.1) is 5.56 Å². The van der Waals surface area contributed by atoms with E-state index in [0.717, 1.165) is 5.56 Å². The molecule has 0 atom stereocenters. The van der Waals surface area contributed by atoms with Crippen molar-refractivity contribution in [1.29, 1.82) is 0 Å². The van der Waals surface area contributed by atoms with E-state index in [1.807, 2.05) is 6.07 Å². The molecule has 3 nitrogen and oxygen atoms in total. The van der Waals surface area contributed by atoms with Gasteiger partial charge in [-0.15, -0.1) is 0 Å². The van der Waals surface area contributed by atoms with Crippen LogP contribution < -0.4 is 0 Å². The molecule has 0 bridgehead atoms. The molecule has 0 saturated heterocycles. The van der Waals surface area contributed by atoms with Crippen LogP contribution in [-0.4, -0.2) is 23.0 Å². The maximum atomic E-state index is 12.4. The first-order valence-electron chi connectivity index (χ1n) is 5.96. The molecule has 1 amide bonds. The SMILES string of the molecule is CN(Cc1cccc(O)c1)C(=O)c1ccc(Cl)cc1Br. The van der Waals surface area contributed by atoms with Crippen LogP contribution >= 0.6 is 27.5 Å². The van der Waals surface area contributed by atoms with Crippen LogP contribution in [0.25, 0.3) is 0 Å². The summed E-state index contributed by atoms with van der Waals surface area (Å²) in [5.41, 5.74) is 1.42. The van der Waals surface area contributed by atoms with Gasteiger partial charge in [-0.05, 0) is 51.8 Å². The third-order valence-corrected chi connectivity index (χ3v) is 3.73. The summed E-state index contributed by atoms with van der Waals surface area (Å²) in [4.78, 5) is 13.9. The molecule has 0 unspecified atom stereocenters. The second kappa shape index (κ2) is 6.29. The minimum absolute atomic E-state index is 0.114. The third-order valence-electron chi connectivity index (χ3n) is 2.84. The van der Waals surface area contributed by atoms with Crippen LogP contribution in [0.3, 0.4) is 0 Å². The fraction of sp³-hybridized carbons (Fsp3) is 0.133. The van der Waals surface area contributed by atoms with Crippen molar-refractivity contribution in [2.45, 2.75) is 6.54 Å². The molecule has 2 aromatic carbocycles. The molecule has 104 valence electrons. The average molecular weight is 355 g/mol. The van der Waals surface area contributed by atoms with E-state index in [1.54, 1.807) is 48.3 Å². The molecule has 0 aliphatic heterocycles. The van der Waals surface area contributed by atoms with Gasteiger partial charge in [0.2, 0.25) is 0 Å². The summed E-state index contributed by atoms with van der Waals surface area (Å²) in [6, 6.07) is 11.9. The lowest BCUT2D eigenvalue weighted by Crippen LogP contribution is -2.26. The summed E-state index contributed by atoms with van der Waals surface area (Å²) in [6.45, 7) is 0.419. The largest absolute Gasteiger partial charge is 0.508 e. The van der Waals surface area contributed by atoms with Crippen molar-refractivity contribution in [3.63, 3.8) is 0 Å². The first-order valence-corrected chi connectivity index (χ1v) is 7.13. The molecule has 0 aliphatic rings. The minimum Gasteiger partial charge on any atom is -0.508 e. The second-order valence-electron chi connectivity index (χ2n) is 4.46. The Morgan fingerprint density at radius 3 is 2.70 bits per heavy atom. The summed E-state index contributed by atoms with van der Waals surface area (Å²) in [5.74, 6) is 0.0768. The van der Waals surface area contributed by atoms with Gasteiger partial charge in [0.15, 0.2) is 0 Å². The highest BCUT2D eigenvalue weighted by Crippen LogP contribution is 2.23. The quantitative estimate of drug-likeness (QED) is 0.902. The van der Waals surface area contributed by atoms with Gasteiger partial charge >= 0.3 is 0 Å². The fourth-order valence-electron chi connectivity index (χ4n) is 1.87. The number of rotatable bonds is 3. The fourth-order valence-corrected chi connectivity index (χ4v) is 2.72. The lowest BCUT2D eigenvalue weighted by molar-refractivity contribution is 0.0784. The molecule has 0 fully saturated rings. The van der Waals surface area contributed by atoms with E-state index in [2.05, 4.69) is 15.9 Å². The summed E-state index contributed by atoms with van der Waals surface area (Å²) in [7, 11) is 1.72. The van der Waals surface area contributed by atoms with Crippen molar-refractivity contribution in [2.75, 3.05) is 7.05 Å². The van der Waals surface area contributed by atoms with Crippen LogP contribution in [0, 0.1) is 0 Å². The Labute approximate surface area is 130 Å². The van der Waals surface area contributed by atoms with Gasteiger partial charge in [0.1, 0.15) is 5.75 Å². The van der Waals surface area contributed by atoms with Crippen molar-refractivity contribution in [3.8, 4) is 5.75 Å². The first kappa shape index (κ1) is 14.9. The Morgan fingerprint density at radius 1 is 1.30 bits per heavy atom. The van der Waals surface area contributed by atoms with Gasteiger partial charge in [-0.25, -0.2) is 0 Å². The number of aromatic hydroxyl groups is 1. The molecule has 0 heterocycles. The number of hydrogen-bond donors (Lipinski definition) is 1. The Balaban J connectivity index is 2.16. The van der Waals surface area contributed by atoms with Crippen molar-refractivity contribution in [1.82, 2.24) is 4.90 Å². The molecule has 1 N–H and O–H groups in total. The molecular weight excluding hydrogens is 342 g/mol. The predicted octanol–water partition coefficient (Wildman–Crippen LogP) is 4.08. The van der Waals surface area contributed by atoms with E-state index in [4.69, 9.17) is 11.6 Å². The van der Waals surface area contributed by atoms with Crippen molar-refractivity contribution >= 4 is 33.4 Å². The Bertz CT molecular complexity index is 646. The number of halogens is 2. The minimum atomic E-state index is -0.114. The van der Waals surface area contributed by atoms with Crippen molar-refractivity contribution in [2.24, 2.45) is 0 Å². The summed E-state index contributed by atoms with van der Waals surface area (Å²) >= 11 is 9.21. The van der Waals surface area contributed by atoms with E-state index in [1.165, 1.54) is 0 Å². The highest BCUT2D eigenvalue weighted by Gasteiger charge is 2.15. The lowest BCUT2D eigenvalue weighted by atomic mass is 10.1. The van der Waals surface area contributed by atoms with Gasteiger partial charge < -0.3 is 10.0 Å². The Hall–Kier alpha value is -1.52. The first-order chi connectivity index (χ1) is 9.47. The van der Waals surface area contributed by atoms with Gasteiger partial charge in [-0.3, -0.25) is 4.79 Å². The van der Waals surface area contributed by atoms with Crippen molar-refractivity contribution in [3.05, 3.63) is 63.1 Å². The summed E-state index contributed by atoms with van der Waals surface area (Å²) < 4.78 is 0.665. The zero-order chi connectivity index (χ0) is 14.7. The smallest absolute Gasteiger partial charge is 0.255 e. The highest BCUT2D eigenvalue weighted by atomic mass is 79.9. The number of nitrogens with zero attached hydrogens (tertiary/aromatic N) is 1. The van der Waals surface area contributed by atoms with Crippen LogP contribution in [0.4, 0.5) is 0 Å². The van der Waals surface area contributed by atoms with E-state index < -0.39 is 0 Å². The second-order valence-corrected chi connectivity index (χ2v) is 5.75. The Morgan fingerprint density at radius 2 is 2.05 bits per heavy atom. The molecule has 0 aliphatic carbocycles. The van der Waals surface area contributed by atoms with Crippen LogP contribution in [0.2, 0.25) is 5.02 Å². The number of phenols is 1. The zero-order valence-corrected chi connectivity index (χ0v) is 13.1. The molecule has 2 rings (SSSR count). The molecule has 0 aromatic heterocycles. The number of hydrogen-bond acceptors (Lipinski definition) is 2. The van der Waals surface area contributed by atoms with E-state index >= 15 is 0 Å². The molecule has 5 heteroatoms. The van der Waals surface area contributed by atoms with E-state index in [0.29, 0.717) is 21.6 Å². The number of benzene rings is 2. The average Bonchev–Trinajstić information content (AvgIpc) is 2.38. The number of carbonyl (C=O) groups excluding carboxylic acids is 1. The molecule has 0 radical (unpaired) electrons.